The second-order valence-corrected chi connectivity index (χ2v) is 4.27. The van der Waals surface area contributed by atoms with Crippen molar-refractivity contribution in [3.05, 3.63) is 47.2 Å². The predicted octanol–water partition coefficient (Wildman–Crippen LogP) is 1.52. The number of rotatable bonds is 3. The minimum Gasteiger partial charge on any atom is -0.409 e. The number of hydrogen-bond donors (Lipinski definition) is 2. The molecule has 2 rings (SSSR count). The van der Waals surface area contributed by atoms with E-state index in [2.05, 4.69) is 25.6 Å². The van der Waals surface area contributed by atoms with Crippen LogP contribution in [-0.4, -0.2) is 26.0 Å². The van der Waals surface area contributed by atoms with E-state index in [1.54, 1.807) is 19.2 Å². The minimum absolute atomic E-state index is 0.0663. The molecule has 20 heavy (non-hydrogen) atoms. The second kappa shape index (κ2) is 5.96. The fourth-order valence-electron chi connectivity index (χ4n) is 1.71. The van der Waals surface area contributed by atoms with Gasteiger partial charge in [-0.15, -0.1) is 0 Å². The molecule has 2 N–H and O–H groups in total. The van der Waals surface area contributed by atoms with Gasteiger partial charge in [0.15, 0.2) is 0 Å². The summed E-state index contributed by atoms with van der Waals surface area (Å²) in [7, 11) is 0. The molecule has 0 amide bonds. The molecule has 0 fully saturated rings. The quantitative estimate of drug-likeness (QED) is 0.381. The van der Waals surface area contributed by atoms with Gasteiger partial charge in [0.2, 0.25) is 11.7 Å². The number of oxime groups is 1. The largest absolute Gasteiger partial charge is 0.409 e. The summed E-state index contributed by atoms with van der Waals surface area (Å²) in [6, 6.07) is 3.69. The fourth-order valence-corrected chi connectivity index (χ4v) is 1.71. The van der Waals surface area contributed by atoms with Crippen LogP contribution in [0.25, 0.3) is 0 Å². The Morgan fingerprint density at radius 3 is 2.60 bits per heavy atom. The molecule has 7 heteroatoms. The standard InChI is InChI=1S/C13H15N5O2/c1-8-6-9(2)16-11(7-8)20-18-13(17-19)12-10(3)14-4-5-15-12/h4-7,19H,1-3H3,(H,17,18). The third-order valence-corrected chi connectivity index (χ3v) is 2.53. The number of amidine groups is 1. The van der Waals surface area contributed by atoms with Crippen LogP contribution in [0.3, 0.4) is 0 Å². The number of pyridine rings is 1. The van der Waals surface area contributed by atoms with Crippen LogP contribution in [-0.2, 0) is 0 Å². The zero-order chi connectivity index (χ0) is 14.5. The lowest BCUT2D eigenvalue weighted by atomic mass is 10.2. The smallest absolute Gasteiger partial charge is 0.246 e. The topological polar surface area (TPSA) is 92.5 Å². The summed E-state index contributed by atoms with van der Waals surface area (Å²) in [6.07, 6.45) is 3.06. The summed E-state index contributed by atoms with van der Waals surface area (Å²) in [4.78, 5) is 17.7. The van der Waals surface area contributed by atoms with E-state index in [1.807, 2.05) is 19.9 Å². The molecular weight excluding hydrogens is 258 g/mol. The third kappa shape index (κ3) is 3.19. The van der Waals surface area contributed by atoms with Crippen LogP contribution in [0, 0.1) is 20.8 Å². The molecule has 2 aromatic rings. The van der Waals surface area contributed by atoms with Crippen molar-refractivity contribution < 1.29 is 10.0 Å². The Morgan fingerprint density at radius 1 is 1.20 bits per heavy atom. The predicted molar refractivity (Wildman–Crippen MR) is 72.6 cm³/mol. The molecule has 0 bridgehead atoms. The number of nitrogens with zero attached hydrogens (tertiary/aromatic N) is 4. The van der Waals surface area contributed by atoms with Gasteiger partial charge in [-0.1, -0.05) is 5.16 Å². The van der Waals surface area contributed by atoms with Gasteiger partial charge in [-0.05, 0) is 32.4 Å². The summed E-state index contributed by atoms with van der Waals surface area (Å²) >= 11 is 0. The van der Waals surface area contributed by atoms with E-state index in [4.69, 9.17) is 10.0 Å². The van der Waals surface area contributed by atoms with E-state index >= 15 is 0 Å². The number of aromatic nitrogens is 3. The van der Waals surface area contributed by atoms with E-state index in [0.29, 0.717) is 17.3 Å². The van der Waals surface area contributed by atoms with Gasteiger partial charge < -0.3 is 10.0 Å². The van der Waals surface area contributed by atoms with Crippen molar-refractivity contribution in [2.75, 3.05) is 0 Å². The van der Waals surface area contributed by atoms with Gasteiger partial charge in [0.25, 0.3) is 0 Å². The van der Waals surface area contributed by atoms with Gasteiger partial charge in [0.05, 0.1) is 5.69 Å². The van der Waals surface area contributed by atoms with Crippen LogP contribution in [0.1, 0.15) is 22.6 Å². The maximum Gasteiger partial charge on any atom is 0.246 e. The maximum atomic E-state index is 9.05. The molecule has 104 valence electrons. The lowest BCUT2D eigenvalue weighted by Gasteiger charge is -2.10. The summed E-state index contributed by atoms with van der Waals surface area (Å²) in [6.45, 7) is 5.56. The van der Waals surface area contributed by atoms with Crippen LogP contribution in [0.15, 0.2) is 29.7 Å². The highest BCUT2D eigenvalue weighted by Gasteiger charge is 2.11. The van der Waals surface area contributed by atoms with E-state index < -0.39 is 0 Å². The van der Waals surface area contributed by atoms with Crippen LogP contribution in [0.5, 0.6) is 5.88 Å². The molecule has 0 saturated heterocycles. The molecule has 0 aliphatic carbocycles. The molecule has 0 aliphatic heterocycles. The lowest BCUT2D eigenvalue weighted by molar-refractivity contribution is 0.238. The van der Waals surface area contributed by atoms with Gasteiger partial charge in [0, 0.05) is 24.2 Å². The van der Waals surface area contributed by atoms with Crippen LogP contribution in [0.4, 0.5) is 0 Å². The Hall–Kier alpha value is -2.70. The number of aryl methyl sites for hydroxylation is 3. The lowest BCUT2D eigenvalue weighted by Crippen LogP contribution is -2.30. The van der Waals surface area contributed by atoms with E-state index in [-0.39, 0.29) is 5.84 Å². The van der Waals surface area contributed by atoms with Gasteiger partial charge in [0.1, 0.15) is 5.69 Å². The molecule has 0 radical (unpaired) electrons. The first kappa shape index (κ1) is 13.7. The fraction of sp³-hybridized carbons (Fsp3) is 0.231. The first-order chi connectivity index (χ1) is 9.60. The van der Waals surface area contributed by atoms with E-state index in [9.17, 15) is 0 Å². The van der Waals surface area contributed by atoms with E-state index in [1.165, 1.54) is 6.20 Å². The SMILES string of the molecule is Cc1cc(C)nc(ONC(=NO)c2nccnc2C)c1. The molecule has 0 spiro atoms. The van der Waals surface area contributed by atoms with Crippen LogP contribution >= 0.6 is 0 Å². The van der Waals surface area contributed by atoms with Crippen molar-refractivity contribution in [1.29, 1.82) is 0 Å². The summed E-state index contributed by atoms with van der Waals surface area (Å²) in [5.74, 6) is 0.446. The Kier molecular flexibility index (Phi) is 4.09. The third-order valence-electron chi connectivity index (χ3n) is 2.53. The van der Waals surface area contributed by atoms with Crippen molar-refractivity contribution in [2.24, 2.45) is 5.16 Å². The molecule has 0 aromatic carbocycles. The average Bonchev–Trinajstić information content (AvgIpc) is 2.40. The number of hydroxylamine groups is 1. The molecule has 2 heterocycles. The van der Waals surface area contributed by atoms with Gasteiger partial charge >= 0.3 is 0 Å². The molecular formula is C13H15N5O2. The Bertz CT molecular complexity index is 622. The van der Waals surface area contributed by atoms with Gasteiger partial charge in [-0.3, -0.25) is 4.98 Å². The van der Waals surface area contributed by atoms with Crippen molar-refractivity contribution in [3.8, 4) is 5.88 Å². The summed E-state index contributed by atoms with van der Waals surface area (Å²) in [5.41, 5.74) is 5.40. The Morgan fingerprint density at radius 2 is 1.95 bits per heavy atom. The van der Waals surface area contributed by atoms with E-state index in [0.717, 1.165) is 11.3 Å². The van der Waals surface area contributed by atoms with Crippen molar-refractivity contribution >= 4 is 5.84 Å². The number of hydrogen-bond acceptors (Lipinski definition) is 6. The first-order valence-corrected chi connectivity index (χ1v) is 5.98. The molecule has 7 nitrogen and oxygen atoms in total. The van der Waals surface area contributed by atoms with Crippen LogP contribution < -0.4 is 10.3 Å². The highest BCUT2D eigenvalue weighted by molar-refractivity contribution is 5.96. The van der Waals surface area contributed by atoms with Crippen molar-refractivity contribution in [2.45, 2.75) is 20.8 Å². The average molecular weight is 273 g/mol. The van der Waals surface area contributed by atoms with Crippen molar-refractivity contribution in [3.63, 3.8) is 0 Å². The molecule has 0 aliphatic rings. The maximum absolute atomic E-state index is 9.05. The van der Waals surface area contributed by atoms with Gasteiger partial charge in [-0.25, -0.2) is 9.97 Å². The van der Waals surface area contributed by atoms with Crippen LogP contribution in [0.2, 0.25) is 0 Å². The van der Waals surface area contributed by atoms with Crippen molar-refractivity contribution in [1.82, 2.24) is 20.4 Å². The zero-order valence-corrected chi connectivity index (χ0v) is 11.5. The highest BCUT2D eigenvalue weighted by Crippen LogP contribution is 2.10. The monoisotopic (exact) mass is 273 g/mol. The Labute approximate surface area is 116 Å². The summed E-state index contributed by atoms with van der Waals surface area (Å²) in [5, 5.41) is 12.2. The molecule has 0 unspecified atom stereocenters. The zero-order valence-electron chi connectivity index (χ0n) is 11.5. The number of nitrogens with one attached hydrogen (secondary N) is 1. The minimum atomic E-state index is 0.0663. The molecule has 2 aromatic heterocycles. The summed E-state index contributed by atoms with van der Waals surface area (Å²) < 4.78 is 0. The highest BCUT2D eigenvalue weighted by atomic mass is 16.7. The molecule has 0 atom stereocenters. The first-order valence-electron chi connectivity index (χ1n) is 5.98. The Balaban J connectivity index is 2.14. The second-order valence-electron chi connectivity index (χ2n) is 4.27. The normalized spacial score (nSPS) is 11.2. The molecule has 0 saturated carbocycles. The van der Waals surface area contributed by atoms with Gasteiger partial charge in [-0.2, -0.15) is 5.48 Å².